The van der Waals surface area contributed by atoms with Gasteiger partial charge in [0, 0.05) is 24.2 Å². The monoisotopic (exact) mass is 328 g/mol. The van der Waals surface area contributed by atoms with E-state index in [2.05, 4.69) is 4.90 Å². The number of methoxy groups -OCH3 is 1. The molecule has 6 heteroatoms. The highest BCUT2D eigenvalue weighted by Crippen LogP contribution is 2.39. The maximum atomic E-state index is 11.3. The minimum atomic E-state index is -0.343. The van der Waals surface area contributed by atoms with Gasteiger partial charge in [-0.2, -0.15) is 0 Å². The van der Waals surface area contributed by atoms with Crippen molar-refractivity contribution < 1.29 is 14.8 Å². The third-order valence-electron chi connectivity index (χ3n) is 4.67. The fourth-order valence-electron chi connectivity index (χ4n) is 3.34. The van der Waals surface area contributed by atoms with Gasteiger partial charge in [-0.1, -0.05) is 18.2 Å². The smallest absolute Gasteiger partial charge is 0.272 e. The van der Waals surface area contributed by atoms with Crippen molar-refractivity contribution >= 4 is 5.69 Å². The van der Waals surface area contributed by atoms with E-state index in [1.165, 1.54) is 13.2 Å². The lowest BCUT2D eigenvalue weighted by Crippen LogP contribution is -2.33. The molecule has 0 fully saturated rings. The van der Waals surface area contributed by atoms with Crippen LogP contribution in [0.2, 0.25) is 0 Å². The quantitative estimate of drug-likeness (QED) is 0.689. The summed E-state index contributed by atoms with van der Waals surface area (Å²) in [7, 11) is 3.53. The van der Waals surface area contributed by atoms with E-state index in [0.717, 1.165) is 24.1 Å². The van der Waals surface area contributed by atoms with Crippen LogP contribution in [0.15, 0.2) is 36.4 Å². The second-order valence-electron chi connectivity index (χ2n) is 6.06. The number of rotatable bonds is 4. The van der Waals surface area contributed by atoms with E-state index in [1.54, 1.807) is 18.2 Å². The molecule has 6 nitrogen and oxygen atoms in total. The van der Waals surface area contributed by atoms with Crippen molar-refractivity contribution in [1.29, 1.82) is 0 Å². The van der Waals surface area contributed by atoms with Crippen molar-refractivity contribution in [2.45, 2.75) is 18.9 Å². The third-order valence-corrected chi connectivity index (χ3v) is 4.67. The summed E-state index contributed by atoms with van der Waals surface area (Å²) >= 11 is 0. The van der Waals surface area contributed by atoms with Crippen LogP contribution in [0.4, 0.5) is 5.69 Å². The summed E-state index contributed by atoms with van der Waals surface area (Å²) in [5.41, 5.74) is 2.95. The second-order valence-corrected chi connectivity index (χ2v) is 6.06. The molecule has 1 N–H and O–H groups in total. The van der Waals surface area contributed by atoms with E-state index in [1.807, 2.05) is 19.2 Å². The van der Waals surface area contributed by atoms with Crippen molar-refractivity contribution in [3.05, 3.63) is 63.2 Å². The molecule has 1 aliphatic rings. The Hall–Kier alpha value is -2.60. The zero-order chi connectivity index (χ0) is 17.3. The highest BCUT2D eigenvalue weighted by molar-refractivity contribution is 5.50. The fraction of sp³-hybridized carbons (Fsp3) is 0.333. The van der Waals surface area contributed by atoms with Crippen LogP contribution in [0.5, 0.6) is 11.5 Å². The van der Waals surface area contributed by atoms with Crippen LogP contribution in [-0.4, -0.2) is 35.6 Å². The van der Waals surface area contributed by atoms with Crippen LogP contribution < -0.4 is 4.74 Å². The zero-order valence-corrected chi connectivity index (χ0v) is 13.7. The number of para-hydroxylation sites is 1. The SMILES string of the molecule is COc1cc2c(cc1O)C(Cc1ccccc1[N+](=O)[O-])N(C)CC2. The fourth-order valence-corrected chi connectivity index (χ4v) is 3.34. The average molecular weight is 328 g/mol. The number of phenols is 1. The first-order chi connectivity index (χ1) is 11.5. The van der Waals surface area contributed by atoms with E-state index in [4.69, 9.17) is 4.74 Å². The van der Waals surface area contributed by atoms with Crippen molar-refractivity contribution in [2.24, 2.45) is 0 Å². The van der Waals surface area contributed by atoms with Crippen molar-refractivity contribution in [2.75, 3.05) is 20.7 Å². The average Bonchev–Trinajstić information content (AvgIpc) is 2.57. The molecule has 24 heavy (non-hydrogen) atoms. The molecule has 1 aliphatic heterocycles. The van der Waals surface area contributed by atoms with E-state index >= 15 is 0 Å². The largest absolute Gasteiger partial charge is 0.504 e. The predicted octanol–water partition coefficient (Wildman–Crippen LogP) is 3.08. The summed E-state index contributed by atoms with van der Waals surface area (Å²) < 4.78 is 5.19. The summed E-state index contributed by atoms with van der Waals surface area (Å²) in [4.78, 5) is 13.1. The van der Waals surface area contributed by atoms with Gasteiger partial charge in [0.2, 0.25) is 0 Å². The van der Waals surface area contributed by atoms with Crippen LogP contribution in [0.1, 0.15) is 22.7 Å². The first-order valence-corrected chi connectivity index (χ1v) is 7.83. The Morgan fingerprint density at radius 1 is 1.38 bits per heavy atom. The molecule has 126 valence electrons. The Kier molecular flexibility index (Phi) is 4.40. The number of aromatic hydroxyl groups is 1. The molecule has 0 saturated carbocycles. The van der Waals surface area contributed by atoms with Gasteiger partial charge in [0.05, 0.1) is 12.0 Å². The van der Waals surface area contributed by atoms with Crippen LogP contribution in [0.3, 0.4) is 0 Å². The number of hydrogen-bond acceptors (Lipinski definition) is 5. The Morgan fingerprint density at radius 2 is 2.12 bits per heavy atom. The molecule has 0 aromatic heterocycles. The minimum Gasteiger partial charge on any atom is -0.504 e. The summed E-state index contributed by atoms with van der Waals surface area (Å²) in [5.74, 6) is 0.557. The minimum absolute atomic E-state index is 0.0216. The Bertz CT molecular complexity index is 776. The first-order valence-electron chi connectivity index (χ1n) is 7.83. The predicted molar refractivity (Wildman–Crippen MR) is 90.5 cm³/mol. The number of hydrogen-bond donors (Lipinski definition) is 1. The van der Waals surface area contributed by atoms with E-state index in [-0.39, 0.29) is 22.4 Å². The maximum absolute atomic E-state index is 11.3. The number of ether oxygens (including phenoxy) is 1. The normalized spacial score (nSPS) is 17.3. The topological polar surface area (TPSA) is 75.8 Å². The number of nitrogens with zero attached hydrogens (tertiary/aromatic N) is 2. The second kappa shape index (κ2) is 6.49. The van der Waals surface area contributed by atoms with Gasteiger partial charge in [-0.15, -0.1) is 0 Å². The molecule has 0 aliphatic carbocycles. The number of fused-ring (bicyclic) bond motifs is 1. The lowest BCUT2D eigenvalue weighted by Gasteiger charge is -2.35. The van der Waals surface area contributed by atoms with Gasteiger partial charge in [-0.05, 0) is 43.1 Å². The van der Waals surface area contributed by atoms with Gasteiger partial charge < -0.3 is 9.84 Å². The molecule has 0 radical (unpaired) electrons. The van der Waals surface area contributed by atoms with E-state index in [0.29, 0.717) is 17.7 Å². The molecule has 0 spiro atoms. The van der Waals surface area contributed by atoms with Crippen LogP contribution in [0, 0.1) is 10.1 Å². The number of likely N-dealkylation sites (N-methyl/N-ethyl adjacent to an activating group) is 1. The van der Waals surface area contributed by atoms with Crippen LogP contribution >= 0.6 is 0 Å². The Morgan fingerprint density at radius 3 is 2.83 bits per heavy atom. The van der Waals surface area contributed by atoms with Gasteiger partial charge in [0.15, 0.2) is 11.5 Å². The molecular formula is C18H20N2O4. The molecule has 1 heterocycles. The van der Waals surface area contributed by atoms with Gasteiger partial charge >= 0.3 is 0 Å². The summed E-state index contributed by atoms with van der Waals surface area (Å²) in [6, 6.07) is 10.4. The summed E-state index contributed by atoms with van der Waals surface area (Å²) in [6.45, 7) is 0.853. The third kappa shape index (κ3) is 2.92. The van der Waals surface area contributed by atoms with Crippen molar-refractivity contribution in [3.8, 4) is 11.5 Å². The standard InChI is InChI=1S/C18H20N2O4/c1-19-8-7-12-10-18(24-2)17(21)11-14(12)16(19)9-13-5-3-4-6-15(13)20(22)23/h3-6,10-11,16,21H,7-9H2,1-2H3. The van der Waals surface area contributed by atoms with E-state index in [9.17, 15) is 15.2 Å². The van der Waals surface area contributed by atoms with Gasteiger partial charge in [-0.3, -0.25) is 15.0 Å². The lowest BCUT2D eigenvalue weighted by molar-refractivity contribution is -0.385. The number of nitro benzene ring substituents is 1. The van der Waals surface area contributed by atoms with Crippen LogP contribution in [0.25, 0.3) is 0 Å². The first kappa shape index (κ1) is 16.3. The summed E-state index contributed by atoms with van der Waals surface area (Å²) in [6.07, 6.45) is 1.38. The molecule has 0 saturated heterocycles. The lowest BCUT2D eigenvalue weighted by atomic mass is 9.88. The van der Waals surface area contributed by atoms with Crippen LogP contribution in [-0.2, 0) is 12.8 Å². The molecular weight excluding hydrogens is 308 g/mol. The zero-order valence-electron chi connectivity index (χ0n) is 13.7. The van der Waals surface area contributed by atoms with E-state index < -0.39 is 0 Å². The van der Waals surface area contributed by atoms with Gasteiger partial charge in [0.25, 0.3) is 5.69 Å². The highest BCUT2D eigenvalue weighted by Gasteiger charge is 2.28. The molecule has 0 amide bonds. The molecule has 2 aromatic rings. The highest BCUT2D eigenvalue weighted by atomic mass is 16.6. The number of nitro groups is 1. The summed E-state index contributed by atoms with van der Waals surface area (Å²) in [5, 5.41) is 21.4. The molecule has 1 atom stereocenters. The Balaban J connectivity index is 2.01. The van der Waals surface area contributed by atoms with Crippen molar-refractivity contribution in [1.82, 2.24) is 4.90 Å². The Labute approximate surface area is 140 Å². The number of benzene rings is 2. The molecule has 2 aromatic carbocycles. The number of phenolic OH excluding ortho intramolecular Hbond substituents is 1. The van der Waals surface area contributed by atoms with Gasteiger partial charge in [0.1, 0.15) is 0 Å². The molecule has 0 bridgehead atoms. The molecule has 1 unspecified atom stereocenters. The van der Waals surface area contributed by atoms with Gasteiger partial charge in [-0.25, -0.2) is 0 Å². The molecule has 3 rings (SSSR count). The maximum Gasteiger partial charge on any atom is 0.272 e. The van der Waals surface area contributed by atoms with Crippen molar-refractivity contribution in [3.63, 3.8) is 0 Å².